The van der Waals surface area contributed by atoms with E-state index in [0.29, 0.717) is 0 Å². The van der Waals surface area contributed by atoms with Crippen LogP contribution < -0.4 is 5.32 Å². The van der Waals surface area contributed by atoms with E-state index in [0.717, 1.165) is 32.7 Å². The molecule has 36 valence electrons. The third-order valence-corrected chi connectivity index (χ3v) is 2.66. The van der Waals surface area contributed by atoms with Crippen LogP contribution in [0.3, 0.4) is 0 Å². The van der Waals surface area contributed by atoms with Crippen molar-refractivity contribution in [2.24, 2.45) is 0 Å². The first-order chi connectivity index (χ1) is 3.29. The van der Waals surface area contributed by atoms with Gasteiger partial charge in [-0.1, -0.05) is 0 Å². The van der Waals surface area contributed by atoms with Crippen molar-refractivity contribution in [2.75, 3.05) is 6.67 Å². The summed E-state index contributed by atoms with van der Waals surface area (Å²) < 4.78 is 3.53. The van der Waals surface area contributed by atoms with Crippen LogP contribution in [-0.4, -0.2) is 35.4 Å². The molecule has 0 amide bonds. The van der Waals surface area contributed by atoms with Crippen molar-refractivity contribution in [3.05, 3.63) is 9.90 Å². The van der Waals surface area contributed by atoms with Crippen LogP contribution in [0.4, 0.5) is 0 Å². The van der Waals surface area contributed by atoms with Gasteiger partial charge in [-0.3, -0.25) is 0 Å². The fourth-order valence-electron chi connectivity index (χ4n) is 0.404. The van der Waals surface area contributed by atoms with E-state index in [4.69, 9.17) is 0 Å². The Morgan fingerprint density at radius 1 is 2.00 bits per heavy atom. The van der Waals surface area contributed by atoms with Crippen LogP contribution >= 0.6 is 22.6 Å². The van der Waals surface area contributed by atoms with Crippen molar-refractivity contribution in [1.82, 2.24) is 8.03 Å². The van der Waals surface area contributed by atoms with E-state index < -0.39 is 0 Å². The van der Waals surface area contributed by atoms with Crippen molar-refractivity contribution in [3.63, 3.8) is 0 Å². The molecule has 0 bridgehead atoms. The van der Waals surface area contributed by atoms with Gasteiger partial charge in [-0.25, -0.2) is 0 Å². The van der Waals surface area contributed by atoms with Crippen LogP contribution in [0.2, 0.25) is 0 Å². The number of rotatable bonds is 0. The molecule has 0 aromatic heterocycles. The average Bonchev–Trinajstić information content (AvgIpc) is 1.87. The molecule has 0 radical (unpaired) electrons. The molecule has 0 atom stereocenters. The molecule has 2 nitrogen and oxygen atoms in total. The molecule has 1 aliphatic rings. The van der Waals surface area contributed by atoms with Crippen molar-refractivity contribution in [2.45, 2.75) is 0 Å². The van der Waals surface area contributed by atoms with Gasteiger partial charge in [0.1, 0.15) is 0 Å². The second-order valence-electron chi connectivity index (χ2n) is 1.33. The maximum absolute atomic E-state index is 3.18. The summed E-state index contributed by atoms with van der Waals surface area (Å²) in [6, 6.07) is 0. The fourth-order valence-corrected chi connectivity index (χ4v) is 3.05. The molecular weight excluding hydrogens is 395 g/mol. The Hall–Kier alpha value is 0.992. The quantitative estimate of drug-likeness (QED) is 0.355. The van der Waals surface area contributed by atoms with Gasteiger partial charge >= 0.3 is 73.3 Å². The summed E-state index contributed by atoms with van der Waals surface area (Å²) in [5, 5.41) is 3.18. The average molecular weight is 399 g/mol. The third-order valence-electron chi connectivity index (χ3n) is 0.710. The normalized spacial score (nSPS) is 18.9. The van der Waals surface area contributed by atoms with Crippen molar-refractivity contribution >= 4 is 48.7 Å². The number of hydrogen-bond acceptors (Lipinski definition) is 2. The van der Waals surface area contributed by atoms with Crippen LogP contribution in [0.5, 0.6) is 0 Å². The summed E-state index contributed by atoms with van der Waals surface area (Å²) in [6.07, 6.45) is 2.14. The topological polar surface area (TPSA) is 15.3 Å². The zero-order valence-corrected chi connectivity index (χ0v) is 10.3. The number of nitrogens with zero attached hydrogens (tertiary/aromatic N) is 1. The molecule has 7 heavy (non-hydrogen) atoms. The fraction of sp³-hybridized carbons (Fsp3) is 0.333. The Morgan fingerprint density at radius 3 is 2.86 bits per heavy atom. The molecular formula is C3H4IN2Tl. The minimum absolute atomic E-state index is 0.949. The molecule has 1 N–H and O–H groups in total. The molecule has 1 rings (SSSR count). The van der Waals surface area contributed by atoms with Crippen LogP contribution in [0.1, 0.15) is 0 Å². The Kier molecular flexibility index (Phi) is 2.20. The molecule has 0 aliphatic carbocycles. The Bertz CT molecular complexity index is 103. The SMILES string of the molecule is IC1=C[N]([Tl])CN1. The minimum atomic E-state index is 0.949. The van der Waals surface area contributed by atoms with E-state index in [1.165, 1.54) is 3.70 Å². The first-order valence-corrected chi connectivity index (χ1v) is 5.00. The molecule has 0 spiro atoms. The van der Waals surface area contributed by atoms with Gasteiger partial charge < -0.3 is 0 Å². The van der Waals surface area contributed by atoms with E-state index in [2.05, 4.69) is 36.8 Å². The van der Waals surface area contributed by atoms with E-state index in [9.17, 15) is 0 Å². The van der Waals surface area contributed by atoms with Crippen molar-refractivity contribution in [3.8, 4) is 0 Å². The predicted molar refractivity (Wildman–Crippen MR) is 37.7 cm³/mol. The summed E-state index contributed by atoms with van der Waals surface area (Å²) >= 11 is 3.23. The van der Waals surface area contributed by atoms with Gasteiger partial charge in [0.15, 0.2) is 0 Å². The van der Waals surface area contributed by atoms with Gasteiger partial charge in [0.2, 0.25) is 0 Å². The number of halogens is 1. The van der Waals surface area contributed by atoms with Crippen molar-refractivity contribution in [1.29, 1.82) is 0 Å². The third kappa shape index (κ3) is 1.75. The Balaban J connectivity index is 2.50. The Morgan fingerprint density at radius 2 is 2.71 bits per heavy atom. The molecule has 1 heterocycles. The van der Waals surface area contributed by atoms with E-state index in [-0.39, 0.29) is 0 Å². The first-order valence-electron chi connectivity index (χ1n) is 1.91. The van der Waals surface area contributed by atoms with E-state index in [1.807, 2.05) is 0 Å². The maximum atomic E-state index is 3.18. The van der Waals surface area contributed by atoms with Gasteiger partial charge in [-0.05, 0) is 0 Å². The van der Waals surface area contributed by atoms with Crippen LogP contribution in [0.25, 0.3) is 0 Å². The summed E-state index contributed by atoms with van der Waals surface area (Å²) in [6.45, 7) is 1.03. The Labute approximate surface area is 72.6 Å². The predicted octanol–water partition coefficient (Wildman–Crippen LogP) is 0.166. The van der Waals surface area contributed by atoms with Gasteiger partial charge in [-0.2, -0.15) is 0 Å². The zero-order chi connectivity index (χ0) is 5.28. The first kappa shape index (κ1) is 6.12. The summed E-state index contributed by atoms with van der Waals surface area (Å²) in [5.74, 6) is 0. The summed E-state index contributed by atoms with van der Waals surface area (Å²) in [7, 11) is 0. The second kappa shape index (κ2) is 2.51. The van der Waals surface area contributed by atoms with Gasteiger partial charge in [0.05, 0.1) is 0 Å². The van der Waals surface area contributed by atoms with E-state index >= 15 is 0 Å². The van der Waals surface area contributed by atoms with Crippen LogP contribution in [0.15, 0.2) is 9.90 Å². The van der Waals surface area contributed by atoms with Crippen LogP contribution in [0, 0.1) is 0 Å². The van der Waals surface area contributed by atoms with Gasteiger partial charge in [-0.15, -0.1) is 0 Å². The molecule has 0 saturated heterocycles. The molecule has 0 unspecified atom stereocenters. The number of hydrogen-bond donors (Lipinski definition) is 1. The molecule has 0 aromatic rings. The molecule has 0 fully saturated rings. The van der Waals surface area contributed by atoms with Crippen LogP contribution in [-0.2, 0) is 0 Å². The van der Waals surface area contributed by atoms with E-state index in [1.54, 1.807) is 0 Å². The molecule has 4 heteroatoms. The zero-order valence-electron chi connectivity index (χ0n) is 3.69. The summed E-state index contributed by atoms with van der Waals surface area (Å²) in [5.41, 5.74) is 0. The molecule has 1 aliphatic heterocycles. The monoisotopic (exact) mass is 400 g/mol. The van der Waals surface area contributed by atoms with Gasteiger partial charge in [0, 0.05) is 0 Å². The number of nitrogens with one attached hydrogen (secondary N) is 1. The van der Waals surface area contributed by atoms with Gasteiger partial charge in [0.25, 0.3) is 0 Å². The molecule has 0 saturated carbocycles. The summed E-state index contributed by atoms with van der Waals surface area (Å²) in [4.78, 5) is 0. The second-order valence-corrected chi connectivity index (χ2v) is 5.07. The molecule has 0 aromatic carbocycles. The van der Waals surface area contributed by atoms with Crippen molar-refractivity contribution < 1.29 is 0 Å². The standard InChI is InChI=1S/C3H4IN2.Tl/c4-3-1-5-2-6-3;/h1,6H,2H2;/q-1;+1.